The smallest absolute Gasteiger partial charge is 0.251 e. The number of nitrogens with zero attached hydrogens (tertiary/aromatic N) is 2. The fourth-order valence-electron chi connectivity index (χ4n) is 3.98. The summed E-state index contributed by atoms with van der Waals surface area (Å²) in [5, 5.41) is 3.16. The molecule has 0 spiro atoms. The van der Waals surface area contributed by atoms with Gasteiger partial charge in [0.05, 0.1) is 23.7 Å². The molecule has 2 heterocycles. The van der Waals surface area contributed by atoms with Gasteiger partial charge in [0.1, 0.15) is 11.6 Å². The zero-order valence-corrected chi connectivity index (χ0v) is 16.1. The van der Waals surface area contributed by atoms with E-state index in [1.165, 1.54) is 0 Å². The number of fused-ring (bicyclic) bond motifs is 2. The van der Waals surface area contributed by atoms with Crippen LogP contribution in [0, 0.1) is 6.92 Å². The third-order valence-electron chi connectivity index (χ3n) is 5.36. The molecule has 0 saturated carbocycles. The van der Waals surface area contributed by atoms with E-state index in [-0.39, 0.29) is 11.9 Å². The largest absolute Gasteiger partial charge is 0.493 e. The van der Waals surface area contributed by atoms with Crippen LogP contribution in [0.15, 0.2) is 72.8 Å². The molecule has 0 unspecified atom stereocenters. The second-order valence-electron chi connectivity index (χ2n) is 7.23. The highest BCUT2D eigenvalue weighted by atomic mass is 16.5. The number of aryl methyl sites for hydroxylation is 1. The highest BCUT2D eigenvalue weighted by Crippen LogP contribution is 2.32. The molecule has 1 aromatic heterocycles. The van der Waals surface area contributed by atoms with Crippen molar-refractivity contribution in [2.75, 3.05) is 6.61 Å². The van der Waals surface area contributed by atoms with Crippen molar-refractivity contribution in [3.05, 3.63) is 89.7 Å². The summed E-state index contributed by atoms with van der Waals surface area (Å²) in [5.41, 5.74) is 4.49. The van der Waals surface area contributed by atoms with Crippen LogP contribution < -0.4 is 10.1 Å². The number of para-hydroxylation sites is 2. The summed E-state index contributed by atoms with van der Waals surface area (Å²) in [6.07, 6.45) is 0.757. The Balaban J connectivity index is 1.45. The van der Waals surface area contributed by atoms with Crippen molar-refractivity contribution in [2.45, 2.75) is 19.4 Å². The van der Waals surface area contributed by atoms with Crippen LogP contribution in [0.25, 0.3) is 16.7 Å². The molecule has 1 aliphatic rings. The molecular formula is C24H21N3O2. The lowest BCUT2D eigenvalue weighted by atomic mass is 10.00. The summed E-state index contributed by atoms with van der Waals surface area (Å²) >= 11 is 0. The number of hydrogen-bond donors (Lipinski definition) is 1. The number of carbonyl (C=O) groups excluding carboxylic acids is 1. The maximum absolute atomic E-state index is 12.9. The molecule has 144 valence electrons. The van der Waals surface area contributed by atoms with Crippen LogP contribution in [0.4, 0.5) is 0 Å². The van der Waals surface area contributed by atoms with Crippen LogP contribution in [-0.2, 0) is 0 Å². The van der Waals surface area contributed by atoms with Gasteiger partial charge in [0.2, 0.25) is 0 Å². The summed E-state index contributed by atoms with van der Waals surface area (Å²) in [4.78, 5) is 17.6. The van der Waals surface area contributed by atoms with Crippen molar-refractivity contribution < 1.29 is 9.53 Å². The van der Waals surface area contributed by atoms with Gasteiger partial charge >= 0.3 is 0 Å². The number of imidazole rings is 1. The van der Waals surface area contributed by atoms with Gasteiger partial charge in [-0.3, -0.25) is 9.36 Å². The standard InChI is InChI=1S/C24H21N3O2/c1-16-25-21-15-17(11-12-22(21)27(16)18-7-3-2-4-8-18)24(28)26-20-13-14-29-23-10-6-5-9-19(20)23/h2-12,15,20H,13-14H2,1H3,(H,26,28)/t20-/m0/s1. The molecule has 0 fully saturated rings. The number of rotatable bonds is 3. The van der Waals surface area contributed by atoms with Crippen LogP contribution >= 0.6 is 0 Å². The SMILES string of the molecule is Cc1nc2cc(C(=O)N[C@H]3CCOc4ccccc43)ccc2n1-c1ccccc1. The Bertz CT molecular complexity index is 1200. The van der Waals surface area contributed by atoms with Crippen LogP contribution in [0.1, 0.15) is 34.2 Å². The third kappa shape index (κ3) is 3.14. The van der Waals surface area contributed by atoms with Crippen LogP contribution in [0.5, 0.6) is 5.75 Å². The molecule has 5 nitrogen and oxygen atoms in total. The predicted molar refractivity (Wildman–Crippen MR) is 113 cm³/mol. The Morgan fingerprint density at radius 3 is 2.72 bits per heavy atom. The van der Waals surface area contributed by atoms with Crippen molar-refractivity contribution >= 4 is 16.9 Å². The number of hydrogen-bond acceptors (Lipinski definition) is 3. The average Bonchev–Trinajstić information content (AvgIpc) is 3.09. The van der Waals surface area contributed by atoms with E-state index < -0.39 is 0 Å². The summed E-state index contributed by atoms with van der Waals surface area (Å²) in [6, 6.07) is 23.6. The van der Waals surface area contributed by atoms with Crippen LogP contribution in [0.2, 0.25) is 0 Å². The van der Waals surface area contributed by atoms with Gasteiger partial charge in [-0.05, 0) is 43.3 Å². The van der Waals surface area contributed by atoms with Gasteiger partial charge in [-0.1, -0.05) is 36.4 Å². The molecule has 5 rings (SSSR count). The molecular weight excluding hydrogens is 362 g/mol. The second-order valence-corrected chi connectivity index (χ2v) is 7.23. The van der Waals surface area contributed by atoms with Gasteiger partial charge in [-0.25, -0.2) is 4.98 Å². The first-order chi connectivity index (χ1) is 14.2. The van der Waals surface area contributed by atoms with E-state index in [0.29, 0.717) is 12.2 Å². The highest BCUT2D eigenvalue weighted by Gasteiger charge is 2.23. The minimum atomic E-state index is -0.0967. The molecule has 1 atom stereocenters. The van der Waals surface area contributed by atoms with E-state index in [0.717, 1.165) is 40.3 Å². The first-order valence-corrected chi connectivity index (χ1v) is 9.78. The van der Waals surface area contributed by atoms with E-state index in [2.05, 4.69) is 27.0 Å². The molecule has 29 heavy (non-hydrogen) atoms. The molecule has 1 aliphatic heterocycles. The summed E-state index contributed by atoms with van der Waals surface area (Å²) in [7, 11) is 0. The number of nitrogens with one attached hydrogen (secondary N) is 1. The normalized spacial score (nSPS) is 15.6. The summed E-state index contributed by atoms with van der Waals surface area (Å²) in [6.45, 7) is 2.58. The van der Waals surface area contributed by atoms with Crippen molar-refractivity contribution in [2.24, 2.45) is 0 Å². The molecule has 0 saturated heterocycles. The molecule has 0 bridgehead atoms. The highest BCUT2D eigenvalue weighted by molar-refractivity contribution is 5.98. The Morgan fingerprint density at radius 1 is 1.07 bits per heavy atom. The van der Waals surface area contributed by atoms with Gasteiger partial charge < -0.3 is 10.1 Å². The van der Waals surface area contributed by atoms with Crippen LogP contribution in [-0.4, -0.2) is 22.1 Å². The van der Waals surface area contributed by atoms with E-state index >= 15 is 0 Å². The Kier molecular flexibility index (Phi) is 4.28. The van der Waals surface area contributed by atoms with E-state index in [1.807, 2.05) is 67.6 Å². The lowest BCUT2D eigenvalue weighted by molar-refractivity contribution is 0.0925. The van der Waals surface area contributed by atoms with Crippen molar-refractivity contribution in [1.82, 2.24) is 14.9 Å². The average molecular weight is 383 g/mol. The third-order valence-corrected chi connectivity index (χ3v) is 5.36. The Hall–Kier alpha value is -3.60. The van der Waals surface area contributed by atoms with Crippen molar-refractivity contribution in [3.8, 4) is 11.4 Å². The van der Waals surface area contributed by atoms with E-state index in [9.17, 15) is 4.79 Å². The number of aromatic nitrogens is 2. The van der Waals surface area contributed by atoms with E-state index in [1.54, 1.807) is 0 Å². The molecule has 1 N–H and O–H groups in total. The van der Waals surface area contributed by atoms with Gasteiger partial charge in [-0.2, -0.15) is 0 Å². The lowest BCUT2D eigenvalue weighted by Gasteiger charge is -2.26. The maximum atomic E-state index is 12.9. The zero-order valence-electron chi connectivity index (χ0n) is 16.1. The topological polar surface area (TPSA) is 56.1 Å². The first-order valence-electron chi connectivity index (χ1n) is 9.78. The van der Waals surface area contributed by atoms with Gasteiger partial charge in [0.15, 0.2) is 0 Å². The molecule has 0 radical (unpaired) electrons. The Labute approximate surface area is 169 Å². The first kappa shape index (κ1) is 17.5. The minimum Gasteiger partial charge on any atom is -0.493 e. The second kappa shape index (κ2) is 7.09. The van der Waals surface area contributed by atoms with E-state index in [4.69, 9.17) is 4.74 Å². The predicted octanol–water partition coefficient (Wildman–Crippen LogP) is 4.59. The number of carbonyl (C=O) groups is 1. The number of benzene rings is 3. The number of ether oxygens (including phenoxy) is 1. The lowest BCUT2D eigenvalue weighted by Crippen LogP contribution is -2.32. The van der Waals surface area contributed by atoms with Crippen molar-refractivity contribution in [3.63, 3.8) is 0 Å². The zero-order chi connectivity index (χ0) is 19.8. The summed E-state index contributed by atoms with van der Waals surface area (Å²) in [5.74, 6) is 1.64. The fraction of sp³-hybridized carbons (Fsp3) is 0.167. The van der Waals surface area contributed by atoms with Gasteiger partial charge in [-0.15, -0.1) is 0 Å². The van der Waals surface area contributed by atoms with Crippen molar-refractivity contribution in [1.29, 1.82) is 0 Å². The Morgan fingerprint density at radius 2 is 1.86 bits per heavy atom. The van der Waals surface area contributed by atoms with Gasteiger partial charge in [0.25, 0.3) is 5.91 Å². The molecule has 1 amide bonds. The maximum Gasteiger partial charge on any atom is 0.251 e. The molecule has 0 aliphatic carbocycles. The van der Waals surface area contributed by atoms with Crippen LogP contribution in [0.3, 0.4) is 0 Å². The quantitative estimate of drug-likeness (QED) is 0.563. The fourth-order valence-corrected chi connectivity index (χ4v) is 3.98. The van der Waals surface area contributed by atoms with Gasteiger partial charge in [0, 0.05) is 23.2 Å². The molecule has 4 aromatic rings. The monoisotopic (exact) mass is 383 g/mol. The molecule has 5 heteroatoms. The number of amides is 1. The summed E-state index contributed by atoms with van der Waals surface area (Å²) < 4.78 is 7.80. The minimum absolute atomic E-state index is 0.0493. The molecule has 3 aromatic carbocycles.